The van der Waals surface area contributed by atoms with Crippen LogP contribution in [0.3, 0.4) is 0 Å². The van der Waals surface area contributed by atoms with Crippen LogP contribution in [0.2, 0.25) is 0 Å². The third kappa shape index (κ3) is 5.09. The molecule has 0 saturated carbocycles. The van der Waals surface area contributed by atoms with Gasteiger partial charge in [-0.25, -0.2) is 4.68 Å². The Morgan fingerprint density at radius 1 is 1.29 bits per heavy atom. The number of furan rings is 1. The minimum absolute atomic E-state index is 0.0387. The number of amides is 1. The highest BCUT2D eigenvalue weighted by molar-refractivity contribution is 7.80. The van der Waals surface area contributed by atoms with Crippen LogP contribution in [0.4, 0.5) is 19.0 Å². The van der Waals surface area contributed by atoms with Crippen molar-refractivity contribution in [2.75, 3.05) is 12.4 Å². The van der Waals surface area contributed by atoms with Crippen LogP contribution in [0.5, 0.6) is 5.75 Å². The molecule has 34 heavy (non-hydrogen) atoms. The van der Waals surface area contributed by atoms with Crippen molar-refractivity contribution in [3.8, 4) is 5.75 Å². The summed E-state index contributed by atoms with van der Waals surface area (Å²) in [5.41, 5.74) is 5.45. The molecule has 0 fully saturated rings. The number of hydrazine groups is 1. The predicted octanol–water partition coefficient (Wildman–Crippen LogP) is 3.45. The van der Waals surface area contributed by atoms with Gasteiger partial charge >= 0.3 is 6.18 Å². The molecule has 0 bridgehead atoms. The molecule has 0 unspecified atom stereocenters. The van der Waals surface area contributed by atoms with Crippen LogP contribution < -0.4 is 26.2 Å². The number of thiocarbonyl (C=S) groups is 1. The quantitative estimate of drug-likeness (QED) is 0.316. The lowest BCUT2D eigenvalue weighted by Gasteiger charge is -2.34. The number of nitrogens with zero attached hydrogens (tertiary/aromatic N) is 2. The van der Waals surface area contributed by atoms with Crippen molar-refractivity contribution in [2.24, 2.45) is 0 Å². The maximum Gasteiger partial charge on any atom is 0.410 e. The number of nitrogens with one attached hydrogen (secondary N) is 4. The average Bonchev–Trinajstić information content (AvgIpc) is 3.50. The normalized spacial score (nSPS) is 17.3. The molecule has 1 amide bonds. The molecular formula is C21H21F3N6O3S. The fourth-order valence-corrected chi connectivity index (χ4v) is 3.71. The summed E-state index contributed by atoms with van der Waals surface area (Å²) in [6.45, 7) is 0.288. The Kier molecular flexibility index (Phi) is 6.63. The second-order valence-electron chi connectivity index (χ2n) is 7.46. The highest BCUT2D eigenvalue weighted by Gasteiger charge is 2.47. The molecule has 9 nitrogen and oxygen atoms in total. The Labute approximate surface area is 197 Å². The molecule has 13 heteroatoms. The van der Waals surface area contributed by atoms with Gasteiger partial charge < -0.3 is 19.8 Å². The predicted molar refractivity (Wildman–Crippen MR) is 120 cm³/mol. The second-order valence-corrected chi connectivity index (χ2v) is 7.86. The van der Waals surface area contributed by atoms with E-state index in [9.17, 15) is 18.0 Å². The summed E-state index contributed by atoms with van der Waals surface area (Å²) in [5, 5.41) is 9.80. The second kappa shape index (κ2) is 9.63. The first-order valence-electron chi connectivity index (χ1n) is 10.2. The monoisotopic (exact) mass is 494 g/mol. The van der Waals surface area contributed by atoms with Crippen molar-refractivity contribution in [1.29, 1.82) is 0 Å². The number of hydrogen-bond acceptors (Lipinski definition) is 6. The van der Waals surface area contributed by atoms with Crippen LogP contribution in [-0.2, 0) is 6.54 Å². The molecule has 2 aromatic heterocycles. The summed E-state index contributed by atoms with van der Waals surface area (Å²) in [7, 11) is 1.50. The molecule has 180 valence electrons. The van der Waals surface area contributed by atoms with Gasteiger partial charge in [0.2, 0.25) is 0 Å². The van der Waals surface area contributed by atoms with Crippen LogP contribution in [0, 0.1) is 0 Å². The highest BCUT2D eigenvalue weighted by Crippen LogP contribution is 2.44. The van der Waals surface area contributed by atoms with E-state index in [0.29, 0.717) is 17.1 Å². The summed E-state index contributed by atoms with van der Waals surface area (Å²) in [6.07, 6.45) is -2.24. The maximum atomic E-state index is 13.8. The first kappa shape index (κ1) is 23.4. The molecule has 3 aromatic rings. The number of alkyl halides is 3. The standard InChI is InChI=1S/C21H21F3N6O3S/c1-32-13-6-4-12(5-7-13)16-9-17(21(22,23)24)30-18(27-16)15(11-26-30)19(31)28-29-20(34)25-10-14-3-2-8-33-14/h2-8,11,16-17,27H,9-10H2,1H3,(H,28,31)(H2,25,29,34)/t16-,17+/m1/s1. The maximum absolute atomic E-state index is 13.8. The number of anilines is 1. The summed E-state index contributed by atoms with van der Waals surface area (Å²) < 4.78 is 52.6. The first-order chi connectivity index (χ1) is 16.3. The minimum Gasteiger partial charge on any atom is -0.497 e. The molecule has 4 rings (SSSR count). The van der Waals surface area contributed by atoms with Gasteiger partial charge in [0.15, 0.2) is 11.2 Å². The zero-order valence-corrected chi connectivity index (χ0v) is 18.7. The van der Waals surface area contributed by atoms with Crippen molar-refractivity contribution in [2.45, 2.75) is 31.2 Å². The number of carbonyl (C=O) groups excluding carboxylic acids is 1. The van der Waals surface area contributed by atoms with E-state index in [1.165, 1.54) is 13.4 Å². The van der Waals surface area contributed by atoms with Gasteiger partial charge in [0.25, 0.3) is 5.91 Å². The molecule has 2 atom stereocenters. The number of hydrogen-bond donors (Lipinski definition) is 4. The first-order valence-corrected chi connectivity index (χ1v) is 10.6. The van der Waals surface area contributed by atoms with Crippen molar-refractivity contribution in [1.82, 2.24) is 25.9 Å². The lowest BCUT2D eigenvalue weighted by Crippen LogP contribution is -2.46. The number of methoxy groups -OCH3 is 1. The van der Waals surface area contributed by atoms with E-state index in [0.717, 1.165) is 10.9 Å². The Morgan fingerprint density at radius 2 is 2.06 bits per heavy atom. The number of halogens is 3. The number of ether oxygens (including phenoxy) is 1. The third-order valence-electron chi connectivity index (χ3n) is 5.29. The molecule has 0 spiro atoms. The number of benzene rings is 1. The summed E-state index contributed by atoms with van der Waals surface area (Å²) in [6, 6.07) is 7.56. The van der Waals surface area contributed by atoms with Crippen molar-refractivity contribution in [3.05, 3.63) is 65.7 Å². The van der Waals surface area contributed by atoms with Crippen molar-refractivity contribution >= 4 is 29.1 Å². The zero-order valence-electron chi connectivity index (χ0n) is 17.8. The summed E-state index contributed by atoms with van der Waals surface area (Å²) in [4.78, 5) is 12.7. The molecule has 4 N–H and O–H groups in total. The van der Waals surface area contributed by atoms with Gasteiger partial charge in [0.05, 0.1) is 32.2 Å². The topological polar surface area (TPSA) is 105 Å². The number of aromatic nitrogens is 2. The van der Waals surface area contributed by atoms with E-state index in [-0.39, 0.29) is 29.5 Å². The van der Waals surface area contributed by atoms with Gasteiger partial charge in [0, 0.05) is 6.42 Å². The van der Waals surface area contributed by atoms with Crippen molar-refractivity contribution < 1.29 is 27.1 Å². The molecule has 0 radical (unpaired) electrons. The summed E-state index contributed by atoms with van der Waals surface area (Å²) >= 11 is 5.09. The van der Waals surface area contributed by atoms with Crippen LogP contribution >= 0.6 is 12.2 Å². The Hall–Kier alpha value is -3.74. The van der Waals surface area contributed by atoms with Crippen LogP contribution in [-0.4, -0.2) is 34.1 Å². The van der Waals surface area contributed by atoms with Gasteiger partial charge in [0.1, 0.15) is 22.9 Å². The lowest BCUT2D eigenvalue weighted by molar-refractivity contribution is -0.173. The number of carbonyl (C=O) groups is 1. The van der Waals surface area contributed by atoms with Gasteiger partial charge in [-0.05, 0) is 42.0 Å². The Morgan fingerprint density at radius 3 is 2.71 bits per heavy atom. The Balaban J connectivity index is 1.49. The average molecular weight is 494 g/mol. The molecule has 0 saturated heterocycles. The van der Waals surface area contributed by atoms with Crippen LogP contribution in [0.15, 0.2) is 53.3 Å². The fourth-order valence-electron chi connectivity index (χ4n) is 3.59. The SMILES string of the molecule is COc1ccc([C@H]2C[C@@H](C(F)(F)F)n3ncc(C(=O)NNC(=S)NCc4ccco4)c3N2)cc1. The van der Waals surface area contributed by atoms with Gasteiger partial charge in [-0.15, -0.1) is 0 Å². The fraction of sp³-hybridized carbons (Fsp3) is 0.286. The van der Waals surface area contributed by atoms with Gasteiger partial charge in [-0.3, -0.25) is 15.6 Å². The third-order valence-corrected chi connectivity index (χ3v) is 5.54. The van der Waals surface area contributed by atoms with E-state index < -0.39 is 24.2 Å². The lowest BCUT2D eigenvalue weighted by atomic mass is 9.96. The molecule has 3 heterocycles. The molecule has 0 aliphatic carbocycles. The number of fused-ring (bicyclic) bond motifs is 1. The van der Waals surface area contributed by atoms with Crippen LogP contribution in [0.25, 0.3) is 0 Å². The van der Waals surface area contributed by atoms with E-state index >= 15 is 0 Å². The van der Waals surface area contributed by atoms with Crippen LogP contribution in [0.1, 0.15) is 40.2 Å². The molecule has 1 aliphatic rings. The van der Waals surface area contributed by atoms with E-state index in [1.54, 1.807) is 36.4 Å². The number of rotatable bonds is 5. The molecule has 1 aromatic carbocycles. The highest BCUT2D eigenvalue weighted by atomic mass is 32.1. The summed E-state index contributed by atoms with van der Waals surface area (Å²) in [5.74, 6) is 0.475. The molecular weight excluding hydrogens is 473 g/mol. The van der Waals surface area contributed by atoms with E-state index in [2.05, 4.69) is 26.6 Å². The van der Waals surface area contributed by atoms with Crippen molar-refractivity contribution in [3.63, 3.8) is 0 Å². The smallest absolute Gasteiger partial charge is 0.410 e. The van der Waals surface area contributed by atoms with Gasteiger partial charge in [-0.2, -0.15) is 18.3 Å². The van der Waals surface area contributed by atoms with E-state index in [1.807, 2.05) is 0 Å². The van der Waals surface area contributed by atoms with E-state index in [4.69, 9.17) is 21.4 Å². The zero-order chi connectivity index (χ0) is 24.3. The Bertz CT molecular complexity index is 1150. The minimum atomic E-state index is -4.56. The van der Waals surface area contributed by atoms with Gasteiger partial charge in [-0.1, -0.05) is 12.1 Å². The molecule has 1 aliphatic heterocycles. The largest absolute Gasteiger partial charge is 0.497 e.